The molecule has 2 N–H and O–H groups in total. The molecule has 0 amide bonds. The van der Waals surface area contributed by atoms with Gasteiger partial charge in [0, 0.05) is 49.6 Å². The van der Waals surface area contributed by atoms with E-state index in [0.29, 0.717) is 28.7 Å². The van der Waals surface area contributed by atoms with E-state index in [4.69, 9.17) is 9.72 Å². The molecule has 1 aliphatic heterocycles. The minimum atomic E-state index is -3.44. The van der Waals surface area contributed by atoms with Crippen LogP contribution in [0.25, 0.3) is 10.9 Å². The largest absolute Gasteiger partial charge is 0.494 e. The number of hydrogen-bond donors (Lipinski definition) is 2. The fraction of sp³-hybridized carbons (Fsp3) is 0.259. The highest BCUT2D eigenvalue weighted by molar-refractivity contribution is 7.90. The molecule has 10 heteroatoms. The molecule has 4 aromatic rings. The Morgan fingerprint density at radius 1 is 0.865 bits per heavy atom. The van der Waals surface area contributed by atoms with Gasteiger partial charge >= 0.3 is 0 Å². The Hall–Kier alpha value is -3.89. The van der Waals surface area contributed by atoms with Crippen molar-refractivity contribution in [3.8, 4) is 5.75 Å². The summed E-state index contributed by atoms with van der Waals surface area (Å²) in [6, 6.07) is 20.4. The van der Waals surface area contributed by atoms with Crippen LogP contribution in [0.3, 0.4) is 0 Å². The van der Waals surface area contributed by atoms with Crippen LogP contribution in [-0.4, -0.2) is 69.9 Å². The van der Waals surface area contributed by atoms with Crippen LogP contribution in [-0.2, 0) is 9.84 Å². The first kappa shape index (κ1) is 24.8. The zero-order valence-electron chi connectivity index (χ0n) is 21.1. The van der Waals surface area contributed by atoms with Crippen molar-refractivity contribution in [3.05, 3.63) is 66.7 Å². The first-order valence-corrected chi connectivity index (χ1v) is 13.9. The molecule has 192 valence electrons. The van der Waals surface area contributed by atoms with Crippen LogP contribution in [0, 0.1) is 0 Å². The zero-order valence-corrected chi connectivity index (χ0v) is 21.9. The van der Waals surface area contributed by atoms with Crippen LogP contribution in [0.2, 0.25) is 0 Å². The summed E-state index contributed by atoms with van der Waals surface area (Å²) in [5.74, 6) is 1.55. The normalized spacial score (nSPS) is 14.5. The summed E-state index contributed by atoms with van der Waals surface area (Å²) in [7, 11) is 0.344. The first-order valence-electron chi connectivity index (χ1n) is 12.0. The molecule has 0 saturated carbocycles. The monoisotopic (exact) mass is 518 g/mol. The van der Waals surface area contributed by atoms with Gasteiger partial charge in [0.05, 0.1) is 28.9 Å². The molecule has 0 radical (unpaired) electrons. The number of sulfone groups is 1. The molecule has 3 aromatic carbocycles. The molecule has 1 aliphatic rings. The standard InChI is InChI=1S/C27H30N6O3S/c1-32-14-16-33(17-15-32)19-12-13-22(24(18-19)36-2)30-27-29-21-9-5-4-8-20(21)26(31-27)28-23-10-6-7-11-25(23)37(3,34)35/h4-13,18H,14-17H2,1-3H3,(H2,28,29,30,31). The van der Waals surface area contributed by atoms with Gasteiger partial charge < -0.3 is 25.2 Å². The molecule has 5 rings (SSSR count). The molecule has 37 heavy (non-hydrogen) atoms. The summed E-state index contributed by atoms with van der Waals surface area (Å²) >= 11 is 0. The molecule has 0 unspecified atom stereocenters. The molecule has 1 saturated heterocycles. The van der Waals surface area contributed by atoms with Crippen molar-refractivity contribution in [1.29, 1.82) is 0 Å². The van der Waals surface area contributed by atoms with Gasteiger partial charge in [-0.2, -0.15) is 4.98 Å². The van der Waals surface area contributed by atoms with E-state index in [2.05, 4.69) is 38.5 Å². The van der Waals surface area contributed by atoms with Crippen LogP contribution < -0.4 is 20.3 Å². The summed E-state index contributed by atoms with van der Waals surface area (Å²) in [4.78, 5) is 14.3. The van der Waals surface area contributed by atoms with E-state index in [1.165, 1.54) is 6.26 Å². The average molecular weight is 519 g/mol. The number of ether oxygens (including phenoxy) is 1. The highest BCUT2D eigenvalue weighted by Crippen LogP contribution is 2.34. The van der Waals surface area contributed by atoms with Crippen molar-refractivity contribution < 1.29 is 13.2 Å². The van der Waals surface area contributed by atoms with Crippen molar-refractivity contribution in [2.45, 2.75) is 4.90 Å². The van der Waals surface area contributed by atoms with Gasteiger partial charge in [-0.3, -0.25) is 0 Å². The second kappa shape index (κ2) is 10.2. The van der Waals surface area contributed by atoms with Crippen molar-refractivity contribution in [2.75, 3.05) is 62.1 Å². The maximum Gasteiger partial charge on any atom is 0.229 e. The lowest BCUT2D eigenvalue weighted by atomic mass is 10.2. The van der Waals surface area contributed by atoms with Gasteiger partial charge in [-0.25, -0.2) is 13.4 Å². The van der Waals surface area contributed by atoms with E-state index in [9.17, 15) is 8.42 Å². The summed E-state index contributed by atoms with van der Waals surface area (Å²) in [6.07, 6.45) is 1.19. The Kier molecular flexibility index (Phi) is 6.86. The molecule has 2 heterocycles. The number of benzene rings is 3. The van der Waals surface area contributed by atoms with Crippen molar-refractivity contribution >= 4 is 49.6 Å². The quantitative estimate of drug-likeness (QED) is 0.371. The summed E-state index contributed by atoms with van der Waals surface area (Å²) in [5.41, 5.74) is 3.01. The number of anilines is 5. The lowest BCUT2D eigenvalue weighted by molar-refractivity contribution is 0.312. The molecule has 0 bridgehead atoms. The van der Waals surface area contributed by atoms with Crippen molar-refractivity contribution in [3.63, 3.8) is 0 Å². The van der Waals surface area contributed by atoms with Crippen LogP contribution in [0.1, 0.15) is 0 Å². The highest BCUT2D eigenvalue weighted by atomic mass is 32.2. The van der Waals surface area contributed by atoms with Gasteiger partial charge in [-0.1, -0.05) is 24.3 Å². The van der Waals surface area contributed by atoms with Crippen LogP contribution in [0.4, 0.5) is 28.8 Å². The van der Waals surface area contributed by atoms with Gasteiger partial charge in [-0.15, -0.1) is 0 Å². The Balaban J connectivity index is 1.49. The van der Waals surface area contributed by atoms with Gasteiger partial charge in [-0.05, 0) is 43.4 Å². The molecule has 1 fully saturated rings. The number of methoxy groups -OCH3 is 1. The summed E-state index contributed by atoms with van der Waals surface area (Å²) in [5, 5.41) is 7.28. The number of likely N-dealkylation sites (N-methyl/N-ethyl adjacent to an activating group) is 1. The topological polar surface area (TPSA) is 99.7 Å². The lowest BCUT2D eigenvalue weighted by Crippen LogP contribution is -2.44. The van der Waals surface area contributed by atoms with Crippen LogP contribution >= 0.6 is 0 Å². The number of rotatable bonds is 7. The Morgan fingerprint density at radius 2 is 1.59 bits per heavy atom. The second-order valence-electron chi connectivity index (χ2n) is 9.11. The van der Waals surface area contributed by atoms with Crippen molar-refractivity contribution in [2.24, 2.45) is 0 Å². The number of hydrogen-bond acceptors (Lipinski definition) is 9. The third kappa shape index (κ3) is 5.45. The molecule has 0 atom stereocenters. The number of nitrogens with one attached hydrogen (secondary N) is 2. The highest BCUT2D eigenvalue weighted by Gasteiger charge is 2.18. The third-order valence-electron chi connectivity index (χ3n) is 6.44. The third-order valence-corrected chi connectivity index (χ3v) is 7.60. The predicted octanol–water partition coefficient (Wildman–Crippen LogP) is 4.28. The number of fused-ring (bicyclic) bond motifs is 1. The Labute approximate surface area is 217 Å². The lowest BCUT2D eigenvalue weighted by Gasteiger charge is -2.34. The van der Waals surface area contributed by atoms with Crippen LogP contribution in [0.5, 0.6) is 5.75 Å². The van der Waals surface area contributed by atoms with Gasteiger partial charge in [0.2, 0.25) is 5.95 Å². The smallest absolute Gasteiger partial charge is 0.229 e. The number of nitrogens with zero attached hydrogens (tertiary/aromatic N) is 4. The second-order valence-corrected chi connectivity index (χ2v) is 11.1. The van der Waals surface area contributed by atoms with E-state index in [1.54, 1.807) is 31.4 Å². The number of piperazine rings is 1. The van der Waals surface area contributed by atoms with E-state index < -0.39 is 9.84 Å². The predicted molar refractivity (Wildman–Crippen MR) is 148 cm³/mol. The number of aromatic nitrogens is 2. The molecular weight excluding hydrogens is 488 g/mol. The molecule has 0 spiro atoms. The van der Waals surface area contributed by atoms with E-state index in [-0.39, 0.29) is 4.90 Å². The zero-order chi connectivity index (χ0) is 26.0. The minimum absolute atomic E-state index is 0.202. The summed E-state index contributed by atoms with van der Waals surface area (Å²) in [6.45, 7) is 3.96. The first-order chi connectivity index (χ1) is 17.8. The fourth-order valence-electron chi connectivity index (χ4n) is 4.41. The maximum atomic E-state index is 12.3. The molecular formula is C27H30N6O3S. The van der Waals surface area contributed by atoms with Gasteiger partial charge in [0.15, 0.2) is 9.84 Å². The maximum absolute atomic E-state index is 12.3. The van der Waals surface area contributed by atoms with E-state index in [0.717, 1.165) is 42.9 Å². The molecule has 9 nitrogen and oxygen atoms in total. The van der Waals surface area contributed by atoms with Gasteiger partial charge in [0.25, 0.3) is 0 Å². The molecule has 0 aliphatic carbocycles. The van der Waals surface area contributed by atoms with Crippen LogP contribution in [0.15, 0.2) is 71.6 Å². The Morgan fingerprint density at radius 3 is 2.35 bits per heavy atom. The number of para-hydroxylation sites is 2. The van der Waals surface area contributed by atoms with E-state index >= 15 is 0 Å². The van der Waals surface area contributed by atoms with Crippen molar-refractivity contribution in [1.82, 2.24) is 14.9 Å². The van der Waals surface area contributed by atoms with Gasteiger partial charge in [0.1, 0.15) is 11.6 Å². The van der Waals surface area contributed by atoms with E-state index in [1.807, 2.05) is 36.4 Å². The fourth-order valence-corrected chi connectivity index (χ4v) is 5.26. The average Bonchev–Trinajstić information content (AvgIpc) is 2.89. The SMILES string of the molecule is COc1cc(N2CCN(C)CC2)ccc1Nc1nc(Nc2ccccc2S(C)(=O)=O)c2ccccc2n1. The Bertz CT molecular complexity index is 1530. The minimum Gasteiger partial charge on any atom is -0.494 e. The summed E-state index contributed by atoms with van der Waals surface area (Å²) < 4.78 is 30.4. The molecule has 1 aromatic heterocycles.